The fourth-order valence-electron chi connectivity index (χ4n) is 1.68. The Labute approximate surface area is 119 Å². The topological polar surface area (TPSA) is 67.8 Å². The van der Waals surface area contributed by atoms with E-state index in [0.29, 0.717) is 6.42 Å². The third kappa shape index (κ3) is 5.93. The first-order valence-corrected chi connectivity index (χ1v) is 6.57. The lowest BCUT2D eigenvalue weighted by Gasteiger charge is -2.22. The van der Waals surface area contributed by atoms with E-state index in [1.165, 1.54) is 0 Å². The molecule has 0 saturated heterocycles. The normalized spacial score (nSPS) is 12.7. The number of amides is 1. The minimum absolute atomic E-state index is 0.148. The van der Waals surface area contributed by atoms with Crippen molar-refractivity contribution in [2.24, 2.45) is 0 Å². The second-order valence-electron chi connectivity index (χ2n) is 5.58. The van der Waals surface area contributed by atoms with Gasteiger partial charge in [0.15, 0.2) is 0 Å². The number of alkyl carbamates (subject to hydrolysis) is 1. The van der Waals surface area contributed by atoms with Crippen LogP contribution in [0.4, 0.5) is 4.79 Å². The number of aliphatic hydroxyl groups is 1. The Bertz CT molecular complexity index is 422. The second-order valence-corrected chi connectivity index (χ2v) is 5.58. The number of hydrogen-bond acceptors (Lipinski definition) is 4. The van der Waals surface area contributed by atoms with Gasteiger partial charge in [0.25, 0.3) is 0 Å². The number of benzene rings is 1. The van der Waals surface area contributed by atoms with Crippen LogP contribution in [0, 0.1) is 0 Å². The molecule has 0 bridgehead atoms. The van der Waals surface area contributed by atoms with Crippen LogP contribution in [0.5, 0.6) is 5.75 Å². The Morgan fingerprint density at radius 1 is 1.30 bits per heavy atom. The molecule has 0 heterocycles. The van der Waals surface area contributed by atoms with Gasteiger partial charge in [-0.2, -0.15) is 0 Å². The number of methoxy groups -OCH3 is 1. The molecule has 2 N–H and O–H groups in total. The Hall–Kier alpha value is -1.75. The lowest BCUT2D eigenvalue weighted by Crippen LogP contribution is -2.42. The molecule has 0 spiro atoms. The third-order valence-electron chi connectivity index (χ3n) is 2.58. The van der Waals surface area contributed by atoms with E-state index in [1.54, 1.807) is 27.9 Å². The molecule has 5 nitrogen and oxygen atoms in total. The van der Waals surface area contributed by atoms with E-state index in [1.807, 2.05) is 24.3 Å². The minimum Gasteiger partial charge on any atom is -0.497 e. The zero-order valence-corrected chi connectivity index (χ0v) is 12.5. The summed E-state index contributed by atoms with van der Waals surface area (Å²) in [6.07, 6.45) is 0.00443. The molecule has 20 heavy (non-hydrogen) atoms. The van der Waals surface area contributed by atoms with Crippen molar-refractivity contribution in [3.05, 3.63) is 29.8 Å². The second kappa shape index (κ2) is 7.14. The molecule has 1 atom stereocenters. The van der Waals surface area contributed by atoms with E-state index in [4.69, 9.17) is 9.47 Å². The number of carbonyl (C=O) groups is 1. The Morgan fingerprint density at radius 2 is 1.90 bits per heavy atom. The molecule has 5 heteroatoms. The van der Waals surface area contributed by atoms with Crippen molar-refractivity contribution in [3.63, 3.8) is 0 Å². The van der Waals surface area contributed by atoms with Crippen LogP contribution in [0.15, 0.2) is 24.3 Å². The molecule has 1 unspecified atom stereocenters. The van der Waals surface area contributed by atoms with E-state index in [2.05, 4.69) is 5.32 Å². The maximum absolute atomic E-state index is 11.7. The van der Waals surface area contributed by atoms with Crippen LogP contribution in [0.3, 0.4) is 0 Å². The van der Waals surface area contributed by atoms with Gasteiger partial charge in [0.1, 0.15) is 11.4 Å². The molecule has 0 saturated carbocycles. The van der Waals surface area contributed by atoms with Gasteiger partial charge >= 0.3 is 6.09 Å². The SMILES string of the molecule is COc1ccc(CC(CO)NC(=O)OC(C)(C)C)cc1. The number of carbonyl (C=O) groups excluding carboxylic acids is 1. The molecule has 0 aromatic heterocycles. The van der Waals surface area contributed by atoms with E-state index in [9.17, 15) is 9.90 Å². The summed E-state index contributed by atoms with van der Waals surface area (Å²) >= 11 is 0. The molecular formula is C15H23NO4. The summed E-state index contributed by atoms with van der Waals surface area (Å²) < 4.78 is 10.2. The Balaban J connectivity index is 2.55. The van der Waals surface area contributed by atoms with Crippen LogP contribution >= 0.6 is 0 Å². The number of nitrogens with one attached hydrogen (secondary N) is 1. The van der Waals surface area contributed by atoms with Gasteiger partial charge < -0.3 is 19.9 Å². The summed E-state index contributed by atoms with van der Waals surface area (Å²) in [7, 11) is 1.61. The average molecular weight is 281 g/mol. The molecule has 0 aliphatic heterocycles. The first-order valence-electron chi connectivity index (χ1n) is 6.57. The monoisotopic (exact) mass is 281 g/mol. The fourth-order valence-corrected chi connectivity index (χ4v) is 1.68. The number of hydrogen-bond donors (Lipinski definition) is 2. The summed E-state index contributed by atoms with van der Waals surface area (Å²) in [6.45, 7) is 5.24. The highest BCUT2D eigenvalue weighted by Crippen LogP contribution is 2.13. The molecule has 1 amide bonds. The number of aliphatic hydroxyl groups excluding tert-OH is 1. The zero-order valence-electron chi connectivity index (χ0n) is 12.5. The van der Waals surface area contributed by atoms with Crippen molar-refractivity contribution in [3.8, 4) is 5.75 Å². The molecule has 1 rings (SSSR count). The summed E-state index contributed by atoms with van der Waals surface area (Å²) in [5.41, 5.74) is 0.449. The van der Waals surface area contributed by atoms with E-state index < -0.39 is 11.7 Å². The van der Waals surface area contributed by atoms with Crippen LogP contribution in [0.25, 0.3) is 0 Å². The van der Waals surface area contributed by atoms with Gasteiger partial charge in [-0.25, -0.2) is 4.79 Å². The summed E-state index contributed by atoms with van der Waals surface area (Å²) in [6, 6.07) is 7.11. The van der Waals surface area contributed by atoms with Crippen molar-refractivity contribution in [1.29, 1.82) is 0 Å². The van der Waals surface area contributed by atoms with Gasteiger partial charge in [0.2, 0.25) is 0 Å². The summed E-state index contributed by atoms with van der Waals surface area (Å²) in [5, 5.41) is 12.0. The van der Waals surface area contributed by atoms with Crippen LogP contribution in [0.2, 0.25) is 0 Å². The van der Waals surface area contributed by atoms with Gasteiger partial charge in [0, 0.05) is 0 Å². The smallest absolute Gasteiger partial charge is 0.407 e. The van der Waals surface area contributed by atoms with Crippen LogP contribution < -0.4 is 10.1 Å². The van der Waals surface area contributed by atoms with Gasteiger partial charge in [-0.3, -0.25) is 0 Å². The average Bonchev–Trinajstić information content (AvgIpc) is 2.36. The quantitative estimate of drug-likeness (QED) is 0.867. The highest BCUT2D eigenvalue weighted by Gasteiger charge is 2.19. The molecule has 0 fully saturated rings. The van der Waals surface area contributed by atoms with Crippen molar-refractivity contribution in [2.45, 2.75) is 38.8 Å². The van der Waals surface area contributed by atoms with Gasteiger partial charge in [-0.15, -0.1) is 0 Å². The van der Waals surface area contributed by atoms with Crippen molar-refractivity contribution in [2.75, 3.05) is 13.7 Å². The third-order valence-corrected chi connectivity index (χ3v) is 2.58. The highest BCUT2D eigenvalue weighted by molar-refractivity contribution is 5.68. The predicted octanol–water partition coefficient (Wildman–Crippen LogP) is 2.12. The maximum atomic E-state index is 11.7. The highest BCUT2D eigenvalue weighted by atomic mass is 16.6. The van der Waals surface area contributed by atoms with Gasteiger partial charge in [-0.05, 0) is 44.9 Å². The predicted molar refractivity (Wildman–Crippen MR) is 76.9 cm³/mol. The molecule has 112 valence electrons. The van der Waals surface area contributed by atoms with Crippen molar-refractivity contribution < 1.29 is 19.4 Å². The lowest BCUT2D eigenvalue weighted by atomic mass is 10.1. The van der Waals surface area contributed by atoms with Crippen molar-refractivity contribution in [1.82, 2.24) is 5.32 Å². The first kappa shape index (κ1) is 16.3. The van der Waals surface area contributed by atoms with E-state index in [0.717, 1.165) is 11.3 Å². The van der Waals surface area contributed by atoms with Gasteiger partial charge in [-0.1, -0.05) is 12.1 Å². The number of rotatable bonds is 5. The Kier molecular flexibility index (Phi) is 5.82. The molecular weight excluding hydrogens is 258 g/mol. The fraction of sp³-hybridized carbons (Fsp3) is 0.533. The van der Waals surface area contributed by atoms with E-state index >= 15 is 0 Å². The van der Waals surface area contributed by atoms with E-state index in [-0.39, 0.29) is 12.6 Å². The van der Waals surface area contributed by atoms with Crippen LogP contribution in [-0.4, -0.2) is 36.6 Å². The lowest BCUT2D eigenvalue weighted by molar-refractivity contribution is 0.0483. The molecule has 1 aromatic carbocycles. The first-order chi connectivity index (χ1) is 9.34. The largest absolute Gasteiger partial charge is 0.497 e. The maximum Gasteiger partial charge on any atom is 0.407 e. The zero-order chi connectivity index (χ0) is 15.2. The molecule has 0 radical (unpaired) electrons. The van der Waals surface area contributed by atoms with Crippen LogP contribution in [0.1, 0.15) is 26.3 Å². The van der Waals surface area contributed by atoms with Crippen molar-refractivity contribution >= 4 is 6.09 Å². The molecule has 0 aliphatic carbocycles. The van der Waals surface area contributed by atoms with Crippen LogP contribution in [-0.2, 0) is 11.2 Å². The number of ether oxygens (including phenoxy) is 2. The molecule has 1 aromatic rings. The Morgan fingerprint density at radius 3 is 2.35 bits per heavy atom. The summed E-state index contributed by atoms with van der Waals surface area (Å²) in [4.78, 5) is 11.7. The minimum atomic E-state index is -0.551. The standard InChI is InChI=1S/C15H23NO4/c1-15(2,3)20-14(18)16-12(10-17)9-11-5-7-13(19-4)8-6-11/h5-8,12,17H,9-10H2,1-4H3,(H,16,18). The summed E-state index contributed by atoms with van der Waals surface area (Å²) in [5.74, 6) is 0.773. The molecule has 0 aliphatic rings. The van der Waals surface area contributed by atoms with Gasteiger partial charge in [0.05, 0.1) is 19.8 Å².